The topological polar surface area (TPSA) is 54.4 Å². The lowest BCUT2D eigenvalue weighted by Crippen LogP contribution is -2.01. The summed E-state index contributed by atoms with van der Waals surface area (Å²) in [4.78, 5) is 11.4. The lowest BCUT2D eigenvalue weighted by molar-refractivity contribution is -0.136. The van der Waals surface area contributed by atoms with E-state index in [4.69, 9.17) is 5.11 Å². The van der Waals surface area contributed by atoms with Gasteiger partial charge in [-0.05, 0) is 24.1 Å². The number of carbonyl (C=O) groups is 1. The molecular formula is C16H24O3S. The summed E-state index contributed by atoms with van der Waals surface area (Å²) in [6.45, 7) is 2.20. The number of benzene rings is 1. The Balaban J connectivity index is 2.30. The molecule has 1 rings (SSSR count). The first-order valence-electron chi connectivity index (χ1n) is 7.32. The predicted molar refractivity (Wildman–Crippen MR) is 82.4 cm³/mol. The van der Waals surface area contributed by atoms with Crippen molar-refractivity contribution in [1.82, 2.24) is 0 Å². The van der Waals surface area contributed by atoms with Crippen LogP contribution in [0.1, 0.15) is 51.0 Å². The van der Waals surface area contributed by atoms with E-state index in [2.05, 4.69) is 6.92 Å². The Morgan fingerprint density at radius 3 is 2.25 bits per heavy atom. The van der Waals surface area contributed by atoms with Crippen molar-refractivity contribution in [3.8, 4) is 0 Å². The highest BCUT2D eigenvalue weighted by molar-refractivity contribution is 7.85. The fraction of sp³-hybridized carbons (Fsp3) is 0.562. The molecule has 0 spiro atoms. The first-order chi connectivity index (χ1) is 9.63. The smallest absolute Gasteiger partial charge is 0.307 e. The summed E-state index contributed by atoms with van der Waals surface area (Å²) in [5, 5.41) is 8.69. The SMILES string of the molecule is CCCCCCCCS(=O)c1ccc(CC(=O)O)cc1. The molecule has 0 bridgehead atoms. The summed E-state index contributed by atoms with van der Waals surface area (Å²) in [6, 6.07) is 7.07. The zero-order valence-electron chi connectivity index (χ0n) is 12.1. The largest absolute Gasteiger partial charge is 0.481 e. The number of aliphatic carboxylic acids is 1. The second-order valence-corrected chi connectivity index (χ2v) is 6.60. The average molecular weight is 296 g/mol. The minimum absolute atomic E-state index is 0.0182. The Kier molecular flexibility index (Phi) is 8.19. The molecule has 0 aliphatic heterocycles. The van der Waals surface area contributed by atoms with Crippen LogP contribution >= 0.6 is 0 Å². The standard InChI is InChI=1S/C16H24O3S/c1-2-3-4-5-6-7-12-20(19)15-10-8-14(9-11-15)13-16(17)18/h8-11H,2-7,12-13H2,1H3,(H,17,18). The minimum atomic E-state index is -0.959. The van der Waals surface area contributed by atoms with Crippen molar-refractivity contribution in [2.24, 2.45) is 0 Å². The van der Waals surface area contributed by atoms with Gasteiger partial charge in [0, 0.05) is 10.6 Å². The zero-order chi connectivity index (χ0) is 14.8. The van der Waals surface area contributed by atoms with Crippen LogP contribution in [0.15, 0.2) is 29.2 Å². The van der Waals surface area contributed by atoms with Gasteiger partial charge in [0.1, 0.15) is 0 Å². The quantitative estimate of drug-likeness (QED) is 0.668. The molecule has 0 aromatic heterocycles. The van der Waals surface area contributed by atoms with E-state index in [-0.39, 0.29) is 6.42 Å². The molecule has 3 nitrogen and oxygen atoms in total. The number of hydrogen-bond donors (Lipinski definition) is 1. The van der Waals surface area contributed by atoms with E-state index in [0.29, 0.717) is 5.75 Å². The third-order valence-electron chi connectivity index (χ3n) is 3.22. The summed E-state index contributed by atoms with van der Waals surface area (Å²) < 4.78 is 12.1. The molecule has 1 aromatic rings. The van der Waals surface area contributed by atoms with Gasteiger partial charge >= 0.3 is 5.97 Å². The maximum Gasteiger partial charge on any atom is 0.307 e. The average Bonchev–Trinajstić information content (AvgIpc) is 2.42. The molecule has 0 saturated carbocycles. The molecule has 1 atom stereocenters. The first kappa shape index (κ1) is 16.9. The normalized spacial score (nSPS) is 12.2. The van der Waals surface area contributed by atoms with E-state index < -0.39 is 16.8 Å². The van der Waals surface area contributed by atoms with Crippen molar-refractivity contribution in [2.45, 2.75) is 56.8 Å². The molecule has 4 heteroatoms. The van der Waals surface area contributed by atoms with Crippen LogP contribution < -0.4 is 0 Å². The van der Waals surface area contributed by atoms with Crippen molar-refractivity contribution in [2.75, 3.05) is 5.75 Å². The second kappa shape index (κ2) is 9.70. The Morgan fingerprint density at radius 2 is 1.65 bits per heavy atom. The third kappa shape index (κ3) is 6.85. The van der Waals surface area contributed by atoms with E-state index >= 15 is 0 Å². The Hall–Kier alpha value is -1.16. The van der Waals surface area contributed by atoms with E-state index in [9.17, 15) is 9.00 Å². The second-order valence-electron chi connectivity index (χ2n) is 5.03. The number of hydrogen-bond acceptors (Lipinski definition) is 2. The van der Waals surface area contributed by atoms with Gasteiger partial charge in [-0.25, -0.2) is 0 Å². The molecule has 0 fully saturated rings. The molecule has 0 aliphatic carbocycles. The van der Waals surface area contributed by atoms with Crippen LogP contribution in [-0.2, 0) is 22.0 Å². The molecular weight excluding hydrogens is 272 g/mol. The third-order valence-corrected chi connectivity index (χ3v) is 4.68. The summed E-state index contributed by atoms with van der Waals surface area (Å²) >= 11 is 0. The molecule has 112 valence electrons. The first-order valence-corrected chi connectivity index (χ1v) is 8.64. The highest BCUT2D eigenvalue weighted by Gasteiger charge is 2.05. The van der Waals surface area contributed by atoms with Gasteiger partial charge in [0.05, 0.1) is 17.2 Å². The number of carboxylic acids is 1. The Bertz CT molecular complexity index is 426. The Morgan fingerprint density at radius 1 is 1.05 bits per heavy atom. The fourth-order valence-corrected chi connectivity index (χ4v) is 3.21. The van der Waals surface area contributed by atoms with E-state index in [0.717, 1.165) is 23.3 Å². The van der Waals surface area contributed by atoms with Gasteiger partial charge in [-0.15, -0.1) is 0 Å². The minimum Gasteiger partial charge on any atom is -0.481 e. The van der Waals surface area contributed by atoms with Gasteiger partial charge in [0.25, 0.3) is 0 Å². The van der Waals surface area contributed by atoms with Crippen LogP contribution in [0.4, 0.5) is 0 Å². The monoisotopic (exact) mass is 296 g/mol. The van der Waals surface area contributed by atoms with Crippen molar-refractivity contribution >= 4 is 16.8 Å². The number of rotatable bonds is 10. The van der Waals surface area contributed by atoms with Gasteiger partial charge in [0.15, 0.2) is 0 Å². The predicted octanol–water partition coefficient (Wildman–Crippen LogP) is 3.78. The van der Waals surface area contributed by atoms with Crippen molar-refractivity contribution in [1.29, 1.82) is 0 Å². The summed E-state index contributed by atoms with van der Waals surface area (Å²) in [5.74, 6) is -0.143. The van der Waals surface area contributed by atoms with E-state index in [1.807, 2.05) is 0 Å². The molecule has 0 saturated heterocycles. The molecule has 1 N–H and O–H groups in total. The van der Waals surface area contributed by atoms with Gasteiger partial charge in [-0.2, -0.15) is 0 Å². The van der Waals surface area contributed by atoms with Crippen molar-refractivity contribution < 1.29 is 14.1 Å². The van der Waals surface area contributed by atoms with Gasteiger partial charge in [0.2, 0.25) is 0 Å². The van der Waals surface area contributed by atoms with Crippen LogP contribution in [0.2, 0.25) is 0 Å². The van der Waals surface area contributed by atoms with E-state index in [1.165, 1.54) is 25.7 Å². The number of unbranched alkanes of at least 4 members (excludes halogenated alkanes) is 5. The molecule has 1 unspecified atom stereocenters. The van der Waals surface area contributed by atoms with Gasteiger partial charge in [-0.1, -0.05) is 51.2 Å². The number of carboxylic acid groups (broad SMARTS) is 1. The zero-order valence-corrected chi connectivity index (χ0v) is 13.0. The van der Waals surface area contributed by atoms with Crippen LogP contribution in [0.25, 0.3) is 0 Å². The fourth-order valence-electron chi connectivity index (χ4n) is 2.07. The molecule has 20 heavy (non-hydrogen) atoms. The van der Waals surface area contributed by atoms with Gasteiger partial charge < -0.3 is 5.11 Å². The maximum absolute atomic E-state index is 12.1. The van der Waals surface area contributed by atoms with Crippen molar-refractivity contribution in [3.63, 3.8) is 0 Å². The lowest BCUT2D eigenvalue weighted by Gasteiger charge is -2.04. The molecule has 0 heterocycles. The van der Waals surface area contributed by atoms with Crippen molar-refractivity contribution in [3.05, 3.63) is 29.8 Å². The summed E-state index contributed by atoms with van der Waals surface area (Å²) in [7, 11) is -0.959. The molecule has 0 aliphatic rings. The van der Waals surface area contributed by atoms with Crippen LogP contribution in [-0.4, -0.2) is 21.0 Å². The van der Waals surface area contributed by atoms with Crippen LogP contribution in [0.3, 0.4) is 0 Å². The lowest BCUT2D eigenvalue weighted by atomic mass is 10.1. The molecule has 0 amide bonds. The van der Waals surface area contributed by atoms with Gasteiger partial charge in [-0.3, -0.25) is 9.00 Å². The highest BCUT2D eigenvalue weighted by atomic mass is 32.2. The maximum atomic E-state index is 12.1. The Labute approximate surface area is 123 Å². The summed E-state index contributed by atoms with van der Waals surface area (Å²) in [5.41, 5.74) is 0.748. The van der Waals surface area contributed by atoms with Crippen LogP contribution in [0, 0.1) is 0 Å². The summed E-state index contributed by atoms with van der Waals surface area (Å²) in [6.07, 6.45) is 7.18. The van der Waals surface area contributed by atoms with E-state index in [1.54, 1.807) is 24.3 Å². The highest BCUT2D eigenvalue weighted by Crippen LogP contribution is 2.12. The van der Waals surface area contributed by atoms with Crippen LogP contribution in [0.5, 0.6) is 0 Å². The molecule has 0 radical (unpaired) electrons. The molecule has 1 aromatic carbocycles.